The summed E-state index contributed by atoms with van der Waals surface area (Å²) < 4.78 is 4.88. The largest absolute Gasteiger partial charge is 0.466 e. The first-order valence-corrected chi connectivity index (χ1v) is 8.83. The van der Waals surface area contributed by atoms with Crippen molar-refractivity contribution < 1.29 is 19.1 Å². The van der Waals surface area contributed by atoms with Crippen LogP contribution in [0.15, 0.2) is 54.6 Å². The Hall–Kier alpha value is -3.15. The minimum Gasteiger partial charge on any atom is -0.466 e. The molecule has 6 nitrogen and oxygen atoms in total. The van der Waals surface area contributed by atoms with E-state index >= 15 is 0 Å². The summed E-state index contributed by atoms with van der Waals surface area (Å²) >= 11 is 0. The molecule has 27 heavy (non-hydrogen) atoms. The molecule has 0 unspecified atom stereocenters. The second kappa shape index (κ2) is 9.52. The second-order valence-corrected chi connectivity index (χ2v) is 6.28. The average Bonchev–Trinajstić information content (AvgIpc) is 2.66. The summed E-state index contributed by atoms with van der Waals surface area (Å²) in [4.78, 5) is 35.9. The van der Waals surface area contributed by atoms with Crippen molar-refractivity contribution >= 4 is 17.8 Å². The highest BCUT2D eigenvalue weighted by molar-refractivity contribution is 5.97. The van der Waals surface area contributed by atoms with E-state index in [0.29, 0.717) is 5.56 Å². The molecule has 0 radical (unpaired) electrons. The van der Waals surface area contributed by atoms with E-state index in [0.717, 1.165) is 11.1 Å². The van der Waals surface area contributed by atoms with Crippen molar-refractivity contribution in [2.75, 3.05) is 6.61 Å². The quantitative estimate of drug-likeness (QED) is 0.700. The van der Waals surface area contributed by atoms with E-state index in [9.17, 15) is 14.4 Å². The van der Waals surface area contributed by atoms with E-state index < -0.39 is 29.7 Å². The molecule has 2 aromatic rings. The lowest BCUT2D eigenvalue weighted by Crippen LogP contribution is -2.49. The van der Waals surface area contributed by atoms with Crippen LogP contribution < -0.4 is 11.1 Å². The fourth-order valence-electron chi connectivity index (χ4n) is 2.76. The summed E-state index contributed by atoms with van der Waals surface area (Å²) in [5, 5.41) is 2.62. The van der Waals surface area contributed by atoms with Gasteiger partial charge < -0.3 is 15.8 Å². The van der Waals surface area contributed by atoms with Crippen molar-refractivity contribution in [1.29, 1.82) is 0 Å². The molecule has 0 bridgehead atoms. The van der Waals surface area contributed by atoms with Crippen LogP contribution in [0.4, 0.5) is 0 Å². The van der Waals surface area contributed by atoms with Gasteiger partial charge in [-0.15, -0.1) is 0 Å². The third kappa shape index (κ3) is 5.67. The highest BCUT2D eigenvalue weighted by Crippen LogP contribution is 2.19. The fourth-order valence-corrected chi connectivity index (χ4v) is 2.76. The number of hydrogen-bond acceptors (Lipinski definition) is 4. The molecular formula is C21H24N2O4. The van der Waals surface area contributed by atoms with Crippen molar-refractivity contribution in [3.05, 3.63) is 60.2 Å². The number of nitrogens with two attached hydrogens (primary N) is 1. The number of nitrogens with one attached hydrogen (secondary N) is 1. The predicted molar refractivity (Wildman–Crippen MR) is 103 cm³/mol. The number of esters is 1. The molecule has 2 atom stereocenters. The molecule has 0 aliphatic carbocycles. The third-order valence-corrected chi connectivity index (χ3v) is 4.21. The van der Waals surface area contributed by atoms with Crippen molar-refractivity contribution in [3.8, 4) is 11.1 Å². The highest BCUT2D eigenvalue weighted by Gasteiger charge is 2.27. The summed E-state index contributed by atoms with van der Waals surface area (Å²) in [5.74, 6) is -2.03. The maximum absolute atomic E-state index is 12.5. The summed E-state index contributed by atoms with van der Waals surface area (Å²) in [5.41, 5.74) is 7.84. The van der Waals surface area contributed by atoms with E-state index in [1.54, 1.807) is 26.0 Å². The van der Waals surface area contributed by atoms with Crippen LogP contribution >= 0.6 is 0 Å². The normalized spacial score (nSPS) is 12.7. The average molecular weight is 368 g/mol. The number of ether oxygens (including phenoxy) is 1. The van der Waals surface area contributed by atoms with Gasteiger partial charge in [0.25, 0.3) is 5.91 Å². The number of carbonyl (C=O) groups is 3. The molecule has 142 valence electrons. The fraction of sp³-hybridized carbons (Fsp3) is 0.286. The maximum atomic E-state index is 12.5. The van der Waals surface area contributed by atoms with Gasteiger partial charge in [-0.25, -0.2) is 0 Å². The summed E-state index contributed by atoms with van der Waals surface area (Å²) in [6, 6.07) is 15.9. The van der Waals surface area contributed by atoms with Crippen LogP contribution in [0.3, 0.4) is 0 Å². The Morgan fingerprint density at radius 3 is 2.15 bits per heavy atom. The number of rotatable bonds is 8. The SMILES string of the molecule is CCOC(=O)C[C@@H](C)[C@H](NC(=O)c1ccc(-c2ccccc2)cc1)C(N)=O. The van der Waals surface area contributed by atoms with Crippen molar-refractivity contribution in [2.45, 2.75) is 26.3 Å². The first-order valence-electron chi connectivity index (χ1n) is 8.83. The van der Waals surface area contributed by atoms with Gasteiger partial charge in [-0.1, -0.05) is 49.4 Å². The Bertz CT molecular complexity index is 788. The van der Waals surface area contributed by atoms with Gasteiger partial charge in [0.2, 0.25) is 5.91 Å². The van der Waals surface area contributed by atoms with E-state index in [1.165, 1.54) is 0 Å². The summed E-state index contributed by atoms with van der Waals surface area (Å²) in [6.07, 6.45) is -0.00529. The van der Waals surface area contributed by atoms with Crippen molar-refractivity contribution in [2.24, 2.45) is 11.7 Å². The predicted octanol–water partition coefficient (Wildman–Crippen LogP) is 2.53. The van der Waals surface area contributed by atoms with Crippen molar-refractivity contribution in [3.63, 3.8) is 0 Å². The van der Waals surface area contributed by atoms with Gasteiger partial charge in [0, 0.05) is 5.56 Å². The number of primary amides is 1. The minimum atomic E-state index is -0.962. The van der Waals surface area contributed by atoms with Crippen LogP contribution in [0, 0.1) is 5.92 Å². The molecule has 0 aliphatic rings. The molecular weight excluding hydrogens is 344 g/mol. The Labute approximate surface area is 158 Å². The number of benzene rings is 2. The Morgan fingerprint density at radius 1 is 1.00 bits per heavy atom. The van der Waals surface area contributed by atoms with Gasteiger partial charge in [0.1, 0.15) is 6.04 Å². The van der Waals surface area contributed by atoms with Crippen molar-refractivity contribution in [1.82, 2.24) is 5.32 Å². The summed E-state index contributed by atoms with van der Waals surface area (Å²) in [7, 11) is 0. The first kappa shape index (κ1) is 20.2. The van der Waals surface area contributed by atoms with Gasteiger partial charge in [-0.2, -0.15) is 0 Å². The minimum absolute atomic E-state index is 0.00529. The first-order chi connectivity index (χ1) is 12.9. The smallest absolute Gasteiger partial charge is 0.306 e. The van der Waals surface area contributed by atoms with Crippen LogP contribution in [0.1, 0.15) is 30.6 Å². The molecule has 2 rings (SSSR count). The Balaban J connectivity index is 2.06. The standard InChI is InChI=1S/C21H24N2O4/c1-3-27-18(24)13-14(2)19(20(22)25)23-21(26)17-11-9-16(10-12-17)15-7-5-4-6-8-15/h4-12,14,19H,3,13H2,1-2H3,(H2,22,25)(H,23,26)/t14-,19+/m1/s1. The van der Waals surface area contributed by atoms with Gasteiger partial charge in [0.15, 0.2) is 0 Å². The lowest BCUT2D eigenvalue weighted by molar-refractivity contribution is -0.144. The molecule has 0 saturated carbocycles. The monoisotopic (exact) mass is 368 g/mol. The molecule has 0 aliphatic heterocycles. The zero-order chi connectivity index (χ0) is 19.8. The molecule has 0 aromatic heterocycles. The molecule has 2 aromatic carbocycles. The zero-order valence-corrected chi connectivity index (χ0v) is 15.5. The van der Waals surface area contributed by atoms with E-state index in [-0.39, 0.29) is 13.0 Å². The summed E-state index contributed by atoms with van der Waals surface area (Å²) in [6.45, 7) is 3.63. The molecule has 0 spiro atoms. The zero-order valence-electron chi connectivity index (χ0n) is 15.5. The molecule has 0 heterocycles. The van der Waals surface area contributed by atoms with E-state index in [1.807, 2.05) is 42.5 Å². The van der Waals surface area contributed by atoms with Gasteiger partial charge in [-0.3, -0.25) is 14.4 Å². The highest BCUT2D eigenvalue weighted by atomic mass is 16.5. The van der Waals surface area contributed by atoms with Crippen LogP contribution in [0.5, 0.6) is 0 Å². The van der Waals surface area contributed by atoms with E-state index in [4.69, 9.17) is 10.5 Å². The molecule has 0 fully saturated rings. The second-order valence-electron chi connectivity index (χ2n) is 6.28. The maximum Gasteiger partial charge on any atom is 0.306 e. The molecule has 2 amide bonds. The lowest BCUT2D eigenvalue weighted by Gasteiger charge is -2.21. The molecule has 6 heteroatoms. The van der Waals surface area contributed by atoms with Crippen LogP contribution in [0.25, 0.3) is 11.1 Å². The van der Waals surface area contributed by atoms with Gasteiger partial charge >= 0.3 is 5.97 Å². The van der Waals surface area contributed by atoms with Crippen LogP contribution in [-0.4, -0.2) is 30.4 Å². The molecule has 3 N–H and O–H groups in total. The Kier molecular flexibility index (Phi) is 7.11. The van der Waals surface area contributed by atoms with Gasteiger partial charge in [0.05, 0.1) is 13.0 Å². The van der Waals surface area contributed by atoms with Gasteiger partial charge in [-0.05, 0) is 36.1 Å². The Morgan fingerprint density at radius 2 is 1.59 bits per heavy atom. The molecule has 0 saturated heterocycles. The topological polar surface area (TPSA) is 98.5 Å². The lowest BCUT2D eigenvalue weighted by atomic mass is 9.97. The number of carbonyl (C=O) groups excluding carboxylic acids is 3. The number of amides is 2. The van der Waals surface area contributed by atoms with Crippen LogP contribution in [0.2, 0.25) is 0 Å². The van der Waals surface area contributed by atoms with Crippen LogP contribution in [-0.2, 0) is 14.3 Å². The third-order valence-electron chi connectivity index (χ3n) is 4.21. The van der Waals surface area contributed by atoms with E-state index in [2.05, 4.69) is 5.32 Å². The number of hydrogen-bond donors (Lipinski definition) is 2.